The molecule has 3 amide bonds. The maximum atomic E-state index is 13.0. The molecule has 0 spiro atoms. The highest BCUT2D eigenvalue weighted by Gasteiger charge is 2.36. The second-order valence-corrected chi connectivity index (χ2v) is 11.5. The highest BCUT2D eigenvalue weighted by atomic mass is 127. The Morgan fingerprint density at radius 3 is 2.72 bits per heavy atom. The Kier molecular flexibility index (Phi) is 9.55. The third kappa shape index (κ3) is 6.94. The van der Waals surface area contributed by atoms with Crippen LogP contribution in [0.2, 0.25) is 5.02 Å². The van der Waals surface area contributed by atoms with Crippen LogP contribution in [0.15, 0.2) is 64.0 Å². The molecule has 39 heavy (non-hydrogen) atoms. The highest BCUT2D eigenvalue weighted by molar-refractivity contribution is 14.1. The van der Waals surface area contributed by atoms with Gasteiger partial charge in [0.15, 0.2) is 11.5 Å². The van der Waals surface area contributed by atoms with E-state index in [1.54, 1.807) is 48.5 Å². The van der Waals surface area contributed by atoms with Crippen LogP contribution in [0.3, 0.4) is 0 Å². The SMILES string of the molecule is COc1cc(/C=C2/SC(=O)N(CC(=O)Nc3ccc(Br)c(Cl)c3)C2=O)cc(I)c1OCc1ccccc1C#N. The van der Waals surface area contributed by atoms with Gasteiger partial charge >= 0.3 is 0 Å². The molecule has 1 heterocycles. The number of hydrogen-bond donors (Lipinski definition) is 1. The first-order valence-corrected chi connectivity index (χ1v) is 14.3. The van der Waals surface area contributed by atoms with Gasteiger partial charge in [0.2, 0.25) is 5.91 Å². The highest BCUT2D eigenvalue weighted by Crippen LogP contribution is 2.38. The number of thioether (sulfide) groups is 1. The number of methoxy groups -OCH3 is 1. The normalized spacial score (nSPS) is 13.9. The molecule has 0 aliphatic carbocycles. The first-order chi connectivity index (χ1) is 18.7. The number of nitrogens with zero attached hydrogens (tertiary/aromatic N) is 2. The van der Waals surface area contributed by atoms with E-state index in [9.17, 15) is 19.6 Å². The topological polar surface area (TPSA) is 109 Å². The fourth-order valence-electron chi connectivity index (χ4n) is 3.57. The lowest BCUT2D eigenvalue weighted by atomic mass is 10.1. The molecule has 12 heteroatoms. The van der Waals surface area contributed by atoms with E-state index in [1.807, 2.05) is 12.1 Å². The number of carbonyl (C=O) groups excluding carboxylic acids is 3. The van der Waals surface area contributed by atoms with Crippen molar-refractivity contribution < 1.29 is 23.9 Å². The molecular weight excluding hydrogens is 721 g/mol. The molecule has 198 valence electrons. The van der Waals surface area contributed by atoms with Crippen molar-refractivity contribution >= 4 is 90.7 Å². The third-order valence-electron chi connectivity index (χ3n) is 5.44. The van der Waals surface area contributed by atoms with Crippen LogP contribution in [-0.2, 0) is 16.2 Å². The predicted octanol–water partition coefficient (Wildman–Crippen LogP) is 6.84. The van der Waals surface area contributed by atoms with Crippen LogP contribution in [0.4, 0.5) is 10.5 Å². The molecule has 1 aliphatic rings. The van der Waals surface area contributed by atoms with E-state index in [-0.39, 0.29) is 11.5 Å². The monoisotopic (exact) mass is 737 g/mol. The number of halogens is 3. The zero-order valence-corrected chi connectivity index (χ0v) is 25.5. The van der Waals surface area contributed by atoms with Crippen LogP contribution in [0.25, 0.3) is 6.08 Å². The number of imide groups is 1. The molecule has 0 aromatic heterocycles. The van der Waals surface area contributed by atoms with Crippen LogP contribution >= 0.6 is 61.9 Å². The summed E-state index contributed by atoms with van der Waals surface area (Å²) in [5.41, 5.74) is 2.31. The minimum absolute atomic E-state index is 0.169. The number of amides is 3. The maximum absolute atomic E-state index is 13.0. The van der Waals surface area contributed by atoms with Gasteiger partial charge in [0, 0.05) is 15.7 Å². The Bertz CT molecular complexity index is 1560. The predicted molar refractivity (Wildman–Crippen MR) is 162 cm³/mol. The van der Waals surface area contributed by atoms with Crippen molar-refractivity contribution in [2.45, 2.75) is 6.61 Å². The summed E-state index contributed by atoms with van der Waals surface area (Å²) in [6.45, 7) is -0.268. The zero-order valence-electron chi connectivity index (χ0n) is 20.2. The summed E-state index contributed by atoms with van der Waals surface area (Å²) in [7, 11) is 1.50. The quantitative estimate of drug-likeness (QED) is 0.199. The number of benzene rings is 3. The molecule has 0 radical (unpaired) electrons. The number of nitrogens with one attached hydrogen (secondary N) is 1. The Balaban J connectivity index is 1.48. The van der Waals surface area contributed by atoms with Gasteiger partial charge in [-0.1, -0.05) is 29.8 Å². The van der Waals surface area contributed by atoms with E-state index < -0.39 is 23.6 Å². The van der Waals surface area contributed by atoms with Crippen LogP contribution in [0, 0.1) is 14.9 Å². The number of hydrogen-bond acceptors (Lipinski definition) is 7. The smallest absolute Gasteiger partial charge is 0.294 e. The van der Waals surface area contributed by atoms with E-state index in [0.29, 0.717) is 41.4 Å². The van der Waals surface area contributed by atoms with Gasteiger partial charge in [-0.15, -0.1) is 0 Å². The number of anilines is 1. The first kappa shape index (κ1) is 28.9. The van der Waals surface area contributed by atoms with Gasteiger partial charge in [-0.25, -0.2) is 0 Å². The van der Waals surface area contributed by atoms with Crippen molar-refractivity contribution in [3.05, 3.63) is 89.3 Å². The molecule has 4 rings (SSSR count). The number of carbonyl (C=O) groups is 3. The minimum atomic E-state index is -0.573. The molecule has 0 bridgehead atoms. The summed E-state index contributed by atoms with van der Waals surface area (Å²) in [6.07, 6.45) is 1.57. The summed E-state index contributed by atoms with van der Waals surface area (Å²) in [5.74, 6) is -0.195. The average molecular weight is 739 g/mol. The minimum Gasteiger partial charge on any atom is -0.493 e. The van der Waals surface area contributed by atoms with E-state index in [2.05, 4.69) is 49.9 Å². The van der Waals surface area contributed by atoms with Crippen molar-refractivity contribution in [2.75, 3.05) is 19.0 Å². The van der Waals surface area contributed by atoms with Crippen molar-refractivity contribution in [3.8, 4) is 17.6 Å². The molecule has 1 fully saturated rings. The van der Waals surface area contributed by atoms with Gasteiger partial charge < -0.3 is 14.8 Å². The third-order valence-corrected chi connectivity index (χ3v) is 8.38. The van der Waals surface area contributed by atoms with Gasteiger partial charge in [0.1, 0.15) is 13.2 Å². The standard InChI is InChI=1S/C27H18BrClIN3O5S/c1-37-22-9-15(8-21(30)25(22)38-14-17-5-3-2-4-16(17)12-31)10-23-26(35)33(27(36)39-23)13-24(34)32-18-6-7-19(28)20(29)11-18/h2-11H,13-14H2,1H3,(H,32,34)/b23-10+. The van der Waals surface area contributed by atoms with E-state index in [4.69, 9.17) is 21.1 Å². The lowest BCUT2D eigenvalue weighted by Gasteiger charge is -2.14. The lowest BCUT2D eigenvalue weighted by molar-refractivity contribution is -0.127. The molecular formula is C27H18BrClIN3O5S. The largest absolute Gasteiger partial charge is 0.493 e. The van der Waals surface area contributed by atoms with Gasteiger partial charge in [0.05, 0.1) is 32.2 Å². The van der Waals surface area contributed by atoms with Crippen molar-refractivity contribution in [1.29, 1.82) is 5.26 Å². The maximum Gasteiger partial charge on any atom is 0.294 e. The Labute approximate surface area is 255 Å². The number of ether oxygens (including phenoxy) is 2. The Morgan fingerprint density at radius 2 is 2.00 bits per heavy atom. The lowest BCUT2D eigenvalue weighted by Crippen LogP contribution is -2.36. The molecule has 8 nitrogen and oxygen atoms in total. The Morgan fingerprint density at radius 1 is 1.23 bits per heavy atom. The second kappa shape index (κ2) is 12.9. The van der Waals surface area contributed by atoms with Crippen LogP contribution in [0.5, 0.6) is 11.5 Å². The van der Waals surface area contributed by atoms with Gasteiger partial charge in [-0.05, 0) is 98.3 Å². The van der Waals surface area contributed by atoms with Gasteiger partial charge in [-0.2, -0.15) is 5.26 Å². The van der Waals surface area contributed by atoms with Crippen LogP contribution < -0.4 is 14.8 Å². The molecule has 1 aliphatic heterocycles. The molecule has 0 saturated carbocycles. The van der Waals surface area contributed by atoms with E-state index in [1.165, 1.54) is 7.11 Å². The van der Waals surface area contributed by atoms with E-state index >= 15 is 0 Å². The van der Waals surface area contributed by atoms with E-state index in [0.717, 1.165) is 22.2 Å². The Hall–Kier alpha value is -3.05. The molecule has 1 saturated heterocycles. The summed E-state index contributed by atoms with van der Waals surface area (Å²) < 4.78 is 12.9. The summed E-state index contributed by atoms with van der Waals surface area (Å²) in [5, 5.41) is 11.8. The number of nitriles is 1. The molecule has 0 unspecified atom stereocenters. The fourth-order valence-corrected chi connectivity index (χ4v) is 5.62. The molecule has 3 aromatic rings. The second-order valence-electron chi connectivity index (χ2n) is 8.04. The van der Waals surface area contributed by atoms with Gasteiger partial charge in [-0.3, -0.25) is 19.3 Å². The first-order valence-electron chi connectivity index (χ1n) is 11.2. The summed E-state index contributed by atoms with van der Waals surface area (Å²) >= 11 is 12.2. The van der Waals surface area contributed by atoms with Crippen LogP contribution in [0.1, 0.15) is 16.7 Å². The van der Waals surface area contributed by atoms with Crippen molar-refractivity contribution in [1.82, 2.24) is 4.90 Å². The molecule has 0 atom stereocenters. The van der Waals surface area contributed by atoms with Crippen molar-refractivity contribution in [2.24, 2.45) is 0 Å². The van der Waals surface area contributed by atoms with Crippen molar-refractivity contribution in [3.63, 3.8) is 0 Å². The average Bonchev–Trinajstić information content (AvgIpc) is 3.17. The summed E-state index contributed by atoms with van der Waals surface area (Å²) in [4.78, 5) is 39.1. The molecule has 1 N–H and O–H groups in total. The fraction of sp³-hybridized carbons (Fsp3) is 0.111. The summed E-state index contributed by atoms with van der Waals surface area (Å²) in [6, 6.07) is 17.6. The zero-order chi connectivity index (χ0) is 28.1. The molecule has 3 aromatic carbocycles. The number of rotatable bonds is 8. The van der Waals surface area contributed by atoms with Gasteiger partial charge in [0.25, 0.3) is 11.1 Å². The van der Waals surface area contributed by atoms with Crippen LogP contribution in [-0.4, -0.2) is 35.6 Å².